The summed E-state index contributed by atoms with van der Waals surface area (Å²) in [7, 11) is 0. The van der Waals surface area contributed by atoms with Crippen molar-refractivity contribution in [2.24, 2.45) is 0 Å². The number of rotatable bonds is 0. The standard InChI is InChI=1S/Ag.Cu.Ni.O. The molecule has 0 fully saturated rings. The molecular weight excluding hydrogens is 246 g/mol. The normalized spacial score (nSPS) is 1.50. The molecule has 0 rings (SSSR count). The van der Waals surface area contributed by atoms with Crippen molar-refractivity contribution in [2.75, 3.05) is 0 Å². The van der Waals surface area contributed by atoms with E-state index in [-0.39, 0.29) is 38.9 Å². The molecule has 4 heavy (non-hydrogen) atoms. The van der Waals surface area contributed by atoms with Crippen molar-refractivity contribution < 1.29 is 58.7 Å². The van der Waals surface area contributed by atoms with Gasteiger partial charge in [-0.1, -0.05) is 0 Å². The summed E-state index contributed by atoms with van der Waals surface area (Å²) < 4.78 is 7.81. The molecule has 0 atom stereocenters. The monoisotopic (exact) mass is 244 g/mol. The van der Waals surface area contributed by atoms with Gasteiger partial charge in [0.2, 0.25) is 0 Å². The van der Waals surface area contributed by atoms with Gasteiger partial charge in [-0.3, -0.25) is 0 Å². The van der Waals surface area contributed by atoms with Gasteiger partial charge < -0.3 is 0 Å². The van der Waals surface area contributed by atoms with Crippen molar-refractivity contribution in [1.82, 2.24) is 0 Å². The van der Waals surface area contributed by atoms with E-state index in [0.29, 0.717) is 0 Å². The average Bonchev–Trinajstić information content (AvgIpc) is 1.00. The molecule has 0 aromatic carbocycles. The van der Waals surface area contributed by atoms with Gasteiger partial charge in [0.25, 0.3) is 0 Å². The fraction of sp³-hybridized carbons (Fsp3) is 0. The van der Waals surface area contributed by atoms with Crippen LogP contribution in [0.2, 0.25) is 0 Å². The van der Waals surface area contributed by atoms with Crippen LogP contribution < -0.4 is 0 Å². The molecule has 0 aliphatic carbocycles. The molecule has 38 valence electrons. The molecule has 0 N–H and O–H groups in total. The number of hydrogen-bond acceptors (Lipinski definition) is 1. The third-order valence-electron chi connectivity index (χ3n) is 0. The Morgan fingerprint density at radius 2 is 1.25 bits per heavy atom. The first-order valence-electron chi connectivity index (χ1n) is 0.123. The van der Waals surface area contributed by atoms with Gasteiger partial charge in [0, 0.05) is 38.9 Å². The summed E-state index contributed by atoms with van der Waals surface area (Å²) in [5.41, 5.74) is 0. The fourth-order valence-electron chi connectivity index (χ4n) is 0. The molecule has 0 amide bonds. The second kappa shape index (κ2) is 23.8. The van der Waals surface area contributed by atoms with Crippen LogP contribution in [0.3, 0.4) is 0 Å². The van der Waals surface area contributed by atoms with Crippen molar-refractivity contribution >= 4 is 0 Å². The molecule has 4 heteroatoms. The third kappa shape index (κ3) is 9.60. The minimum absolute atomic E-state index is 0. The summed E-state index contributed by atoms with van der Waals surface area (Å²) in [6, 6.07) is 0. The maximum atomic E-state index is 7.81. The summed E-state index contributed by atoms with van der Waals surface area (Å²) in [6.45, 7) is 0. The Kier molecular flexibility index (Phi) is 105. The van der Waals surface area contributed by atoms with E-state index in [0.717, 1.165) is 0 Å². The Labute approximate surface area is 58.4 Å². The summed E-state index contributed by atoms with van der Waals surface area (Å²) in [4.78, 5) is 0. The third-order valence-corrected chi connectivity index (χ3v) is 0. The molecule has 1 radical (unpaired) electrons. The second-order valence-corrected chi connectivity index (χ2v) is 0. The Morgan fingerprint density at radius 1 is 1.25 bits per heavy atom. The quantitative estimate of drug-likeness (QED) is 0.544. The first-order chi connectivity index (χ1) is 1.00. The topological polar surface area (TPSA) is 17.1 Å². The van der Waals surface area contributed by atoms with Gasteiger partial charge in [-0.25, -0.2) is 0 Å². The predicted molar refractivity (Wildman–Crippen MR) is 0.686 cm³/mol. The van der Waals surface area contributed by atoms with E-state index in [1.807, 2.05) is 0 Å². The average molecular weight is 246 g/mol. The van der Waals surface area contributed by atoms with Crippen LogP contribution in [0.5, 0.6) is 0 Å². The van der Waals surface area contributed by atoms with E-state index >= 15 is 0 Å². The first-order valence-corrected chi connectivity index (χ1v) is 0.508. The Morgan fingerprint density at radius 3 is 1.25 bits per heavy atom. The van der Waals surface area contributed by atoms with Crippen LogP contribution in [-0.4, -0.2) is 0 Å². The van der Waals surface area contributed by atoms with E-state index in [2.05, 4.69) is 15.9 Å². The van der Waals surface area contributed by atoms with E-state index in [1.54, 1.807) is 0 Å². The summed E-state index contributed by atoms with van der Waals surface area (Å²) in [5, 5.41) is 0. The molecular formula is AgCuNiO. The molecule has 0 aliphatic rings. The minimum atomic E-state index is 0. The van der Waals surface area contributed by atoms with Crippen molar-refractivity contribution in [2.45, 2.75) is 0 Å². The van der Waals surface area contributed by atoms with Gasteiger partial charge in [0.05, 0.1) is 0 Å². The molecule has 0 aromatic heterocycles. The molecule has 1 nitrogen and oxygen atoms in total. The van der Waals surface area contributed by atoms with Crippen LogP contribution >= 0.6 is 0 Å². The predicted octanol–water partition coefficient (Wildman–Crippen LogP) is -0.126. The van der Waals surface area contributed by atoms with E-state index in [4.69, 9.17) is 3.83 Å². The molecule has 0 unspecified atom stereocenters. The van der Waals surface area contributed by atoms with Crippen LogP contribution in [-0.2, 0) is 58.7 Å². The van der Waals surface area contributed by atoms with Gasteiger partial charge in [0.15, 0.2) is 0 Å². The molecule has 0 spiro atoms. The van der Waals surface area contributed by atoms with Crippen LogP contribution in [0.4, 0.5) is 0 Å². The van der Waals surface area contributed by atoms with Crippen molar-refractivity contribution in [3.05, 3.63) is 0 Å². The molecule has 0 saturated carbocycles. The van der Waals surface area contributed by atoms with E-state index < -0.39 is 0 Å². The van der Waals surface area contributed by atoms with Gasteiger partial charge in [-0.05, 0) is 0 Å². The number of hydrogen-bond donors (Lipinski definition) is 0. The zero-order valence-electron chi connectivity index (χ0n) is 1.33. The zero-order valence-corrected chi connectivity index (χ0v) is 4.74. The van der Waals surface area contributed by atoms with E-state index in [9.17, 15) is 0 Å². The second-order valence-electron chi connectivity index (χ2n) is 0. The fourth-order valence-corrected chi connectivity index (χ4v) is 0. The summed E-state index contributed by atoms with van der Waals surface area (Å²) in [6.07, 6.45) is 0. The Bertz CT molecular complexity index is 8.00. The summed E-state index contributed by atoms with van der Waals surface area (Å²) >= 11 is 2.94. The Balaban J connectivity index is -0.00000000500. The molecule has 0 saturated heterocycles. The SMILES string of the molecule is [Ag].[Ni].[O]=[Cu]. The van der Waals surface area contributed by atoms with Crippen LogP contribution in [0.1, 0.15) is 0 Å². The van der Waals surface area contributed by atoms with Gasteiger partial charge in [0.1, 0.15) is 0 Å². The molecule has 0 bridgehead atoms. The maximum absolute atomic E-state index is 7.81. The molecule has 0 aromatic rings. The van der Waals surface area contributed by atoms with Gasteiger partial charge in [-0.2, -0.15) is 0 Å². The van der Waals surface area contributed by atoms with Gasteiger partial charge >= 0.3 is 19.8 Å². The van der Waals surface area contributed by atoms with Crippen LogP contribution in [0.25, 0.3) is 0 Å². The van der Waals surface area contributed by atoms with Crippen LogP contribution in [0, 0.1) is 0 Å². The molecule has 0 heterocycles. The van der Waals surface area contributed by atoms with Crippen LogP contribution in [0.15, 0.2) is 0 Å². The van der Waals surface area contributed by atoms with Crippen molar-refractivity contribution in [3.63, 3.8) is 0 Å². The Hall–Kier alpha value is 1.55. The van der Waals surface area contributed by atoms with Gasteiger partial charge in [-0.15, -0.1) is 0 Å². The van der Waals surface area contributed by atoms with Crippen molar-refractivity contribution in [3.8, 4) is 0 Å². The molecule has 0 aliphatic heterocycles. The zero-order chi connectivity index (χ0) is 2.00. The first kappa shape index (κ1) is 17.7. The van der Waals surface area contributed by atoms with E-state index in [1.165, 1.54) is 0 Å². The van der Waals surface area contributed by atoms with Crippen molar-refractivity contribution in [1.29, 1.82) is 0 Å². The summed E-state index contributed by atoms with van der Waals surface area (Å²) in [5.74, 6) is 0.